The van der Waals surface area contributed by atoms with Gasteiger partial charge in [-0.05, 0) is 22.8 Å². The van der Waals surface area contributed by atoms with Crippen LogP contribution in [0.1, 0.15) is 11.1 Å². The molecule has 0 bridgehead atoms. The number of benzene rings is 2. The van der Waals surface area contributed by atoms with E-state index in [0.717, 1.165) is 16.7 Å². The van der Waals surface area contributed by atoms with E-state index in [1.165, 1.54) is 0 Å². The van der Waals surface area contributed by atoms with Gasteiger partial charge < -0.3 is 15.3 Å². The van der Waals surface area contributed by atoms with E-state index in [1.807, 2.05) is 66.7 Å². The lowest BCUT2D eigenvalue weighted by molar-refractivity contribution is 0.105. The lowest BCUT2D eigenvalue weighted by atomic mass is 9.89. The molecule has 1 aliphatic rings. The fraction of sp³-hybridized carbons (Fsp3) is 0.211. The predicted octanol–water partition coefficient (Wildman–Crippen LogP) is 2.61. The van der Waals surface area contributed by atoms with Crippen LogP contribution in [0.15, 0.2) is 66.7 Å². The van der Waals surface area contributed by atoms with Gasteiger partial charge in [0.15, 0.2) is 0 Å². The van der Waals surface area contributed by atoms with E-state index in [9.17, 15) is 9.90 Å². The van der Waals surface area contributed by atoms with Crippen molar-refractivity contribution >= 4 is 11.6 Å². The predicted molar refractivity (Wildman–Crippen MR) is 90.8 cm³/mol. The van der Waals surface area contributed by atoms with E-state index in [1.54, 1.807) is 11.9 Å². The number of urea groups is 1. The average Bonchev–Trinajstić information content (AvgIpc) is 3.03. The van der Waals surface area contributed by atoms with Gasteiger partial charge in [0.05, 0.1) is 6.61 Å². The average molecular weight is 308 g/mol. The standard InChI is InChI=1S/C19H20N2O2/c1-20-18(23)21-13-16(15-8-4-2-5-9-15)12-19(21,14-22)17-10-6-3-7-11-17/h2-12,22H,13-14H2,1H3,(H,20,23)/t19-/m1/s1. The van der Waals surface area contributed by atoms with Crippen molar-refractivity contribution < 1.29 is 9.90 Å². The summed E-state index contributed by atoms with van der Waals surface area (Å²) in [5, 5.41) is 12.9. The Bertz CT molecular complexity index is 713. The topological polar surface area (TPSA) is 52.6 Å². The summed E-state index contributed by atoms with van der Waals surface area (Å²) in [6, 6.07) is 19.4. The van der Waals surface area contributed by atoms with Crippen LogP contribution in [0.5, 0.6) is 0 Å². The number of aliphatic hydroxyl groups is 1. The fourth-order valence-corrected chi connectivity index (χ4v) is 3.13. The largest absolute Gasteiger partial charge is 0.393 e. The minimum absolute atomic E-state index is 0.166. The molecule has 0 saturated heterocycles. The number of hydrogen-bond donors (Lipinski definition) is 2. The van der Waals surface area contributed by atoms with Crippen molar-refractivity contribution in [3.05, 3.63) is 77.9 Å². The highest BCUT2D eigenvalue weighted by molar-refractivity contribution is 5.83. The van der Waals surface area contributed by atoms with Crippen LogP contribution in [0.3, 0.4) is 0 Å². The first-order valence-corrected chi connectivity index (χ1v) is 7.64. The summed E-state index contributed by atoms with van der Waals surface area (Å²) in [6.45, 7) is 0.292. The van der Waals surface area contributed by atoms with Crippen LogP contribution in [0.2, 0.25) is 0 Å². The van der Waals surface area contributed by atoms with Gasteiger partial charge >= 0.3 is 6.03 Å². The molecule has 2 amide bonds. The van der Waals surface area contributed by atoms with E-state index < -0.39 is 5.54 Å². The van der Waals surface area contributed by atoms with Gasteiger partial charge in [-0.3, -0.25) is 0 Å². The summed E-state index contributed by atoms with van der Waals surface area (Å²) in [4.78, 5) is 14.1. The number of nitrogens with one attached hydrogen (secondary N) is 1. The zero-order chi connectivity index (χ0) is 16.3. The van der Waals surface area contributed by atoms with Gasteiger partial charge in [-0.1, -0.05) is 60.7 Å². The van der Waals surface area contributed by atoms with Gasteiger partial charge in [0.2, 0.25) is 0 Å². The minimum Gasteiger partial charge on any atom is -0.393 e. The molecule has 3 rings (SSSR count). The maximum Gasteiger partial charge on any atom is 0.318 e. The number of aliphatic hydroxyl groups excluding tert-OH is 1. The van der Waals surface area contributed by atoms with Gasteiger partial charge in [-0.2, -0.15) is 0 Å². The molecule has 0 fully saturated rings. The first-order valence-electron chi connectivity index (χ1n) is 7.64. The molecule has 0 unspecified atom stereocenters. The lowest BCUT2D eigenvalue weighted by Crippen LogP contribution is -2.51. The molecule has 1 heterocycles. The summed E-state index contributed by atoms with van der Waals surface area (Å²) in [5.74, 6) is 0. The highest BCUT2D eigenvalue weighted by Crippen LogP contribution is 2.39. The van der Waals surface area contributed by atoms with Crippen LogP contribution < -0.4 is 5.32 Å². The molecular formula is C19H20N2O2. The molecule has 2 N–H and O–H groups in total. The molecule has 0 saturated carbocycles. The van der Waals surface area contributed by atoms with Gasteiger partial charge in [-0.25, -0.2) is 4.79 Å². The summed E-state index contributed by atoms with van der Waals surface area (Å²) in [6.07, 6.45) is 2.01. The number of carbonyl (C=O) groups excluding carboxylic acids is 1. The monoisotopic (exact) mass is 308 g/mol. The SMILES string of the molecule is CNC(=O)N1CC(c2ccccc2)=C[C@@]1(CO)c1ccccc1. The molecular weight excluding hydrogens is 288 g/mol. The maximum atomic E-state index is 12.4. The molecule has 118 valence electrons. The summed E-state index contributed by atoms with van der Waals surface area (Å²) < 4.78 is 0. The molecule has 1 atom stereocenters. The Kier molecular flexibility index (Phi) is 4.17. The molecule has 2 aromatic rings. The van der Waals surface area contributed by atoms with E-state index in [2.05, 4.69) is 5.32 Å². The van der Waals surface area contributed by atoms with Gasteiger partial charge in [0.25, 0.3) is 0 Å². The smallest absolute Gasteiger partial charge is 0.318 e. The zero-order valence-electron chi connectivity index (χ0n) is 13.1. The third-order valence-electron chi connectivity index (χ3n) is 4.34. The number of hydrogen-bond acceptors (Lipinski definition) is 2. The van der Waals surface area contributed by atoms with Crippen molar-refractivity contribution in [1.29, 1.82) is 0 Å². The van der Waals surface area contributed by atoms with Crippen LogP contribution in [-0.2, 0) is 5.54 Å². The highest BCUT2D eigenvalue weighted by atomic mass is 16.3. The number of amides is 2. The first-order chi connectivity index (χ1) is 11.2. The molecule has 2 aromatic carbocycles. The van der Waals surface area contributed by atoms with Crippen LogP contribution in [0.25, 0.3) is 5.57 Å². The summed E-state index contributed by atoms with van der Waals surface area (Å²) >= 11 is 0. The van der Waals surface area contributed by atoms with Crippen molar-refractivity contribution in [2.45, 2.75) is 5.54 Å². The van der Waals surface area contributed by atoms with Crippen LogP contribution in [0.4, 0.5) is 4.79 Å². The molecule has 0 aliphatic carbocycles. The van der Waals surface area contributed by atoms with Gasteiger partial charge in [-0.15, -0.1) is 0 Å². The van der Waals surface area contributed by atoms with Crippen LogP contribution in [-0.4, -0.2) is 36.2 Å². The van der Waals surface area contributed by atoms with Gasteiger partial charge in [0, 0.05) is 13.6 Å². The third-order valence-corrected chi connectivity index (χ3v) is 4.34. The highest BCUT2D eigenvalue weighted by Gasteiger charge is 2.44. The number of rotatable bonds is 3. The van der Waals surface area contributed by atoms with Crippen molar-refractivity contribution in [2.75, 3.05) is 20.2 Å². The Hall–Kier alpha value is -2.59. The second-order valence-corrected chi connectivity index (χ2v) is 5.63. The van der Waals surface area contributed by atoms with E-state index in [4.69, 9.17) is 0 Å². The van der Waals surface area contributed by atoms with E-state index >= 15 is 0 Å². The van der Waals surface area contributed by atoms with E-state index in [-0.39, 0.29) is 12.6 Å². The summed E-state index contributed by atoms with van der Waals surface area (Å²) in [5.41, 5.74) is 2.16. The second kappa shape index (κ2) is 6.26. The molecule has 4 nitrogen and oxygen atoms in total. The molecule has 23 heavy (non-hydrogen) atoms. The number of carbonyl (C=O) groups is 1. The molecule has 0 radical (unpaired) electrons. The second-order valence-electron chi connectivity index (χ2n) is 5.63. The Morgan fingerprint density at radius 1 is 1.13 bits per heavy atom. The van der Waals surface area contributed by atoms with Crippen molar-refractivity contribution in [1.82, 2.24) is 10.2 Å². The Balaban J connectivity index is 2.12. The van der Waals surface area contributed by atoms with Gasteiger partial charge in [0.1, 0.15) is 5.54 Å². The fourth-order valence-electron chi connectivity index (χ4n) is 3.13. The molecule has 1 aliphatic heterocycles. The lowest BCUT2D eigenvalue weighted by Gasteiger charge is -2.36. The molecule has 4 heteroatoms. The third kappa shape index (κ3) is 2.62. The van der Waals surface area contributed by atoms with Crippen LogP contribution in [0, 0.1) is 0 Å². The Morgan fingerprint density at radius 3 is 2.30 bits per heavy atom. The zero-order valence-corrected chi connectivity index (χ0v) is 13.1. The van der Waals surface area contributed by atoms with Crippen molar-refractivity contribution in [3.63, 3.8) is 0 Å². The number of nitrogens with zero attached hydrogens (tertiary/aromatic N) is 1. The van der Waals surface area contributed by atoms with E-state index in [0.29, 0.717) is 6.54 Å². The normalized spacial score (nSPS) is 20.3. The first kappa shape index (κ1) is 15.3. The molecule has 0 spiro atoms. The van der Waals surface area contributed by atoms with Crippen LogP contribution >= 0.6 is 0 Å². The van der Waals surface area contributed by atoms with Crippen molar-refractivity contribution in [3.8, 4) is 0 Å². The quantitative estimate of drug-likeness (QED) is 0.916. The minimum atomic E-state index is -0.841. The Morgan fingerprint density at radius 2 is 1.74 bits per heavy atom. The summed E-state index contributed by atoms with van der Waals surface area (Å²) in [7, 11) is 1.61. The maximum absolute atomic E-state index is 12.4. The Labute approximate surface area is 136 Å². The molecule has 0 aromatic heterocycles. The van der Waals surface area contributed by atoms with Crippen molar-refractivity contribution in [2.24, 2.45) is 0 Å².